The molecule has 0 unspecified atom stereocenters. The second kappa shape index (κ2) is 7.07. The molecular formula is C21H20O6. The minimum Gasteiger partial charge on any atom is -0.508 e. The Morgan fingerprint density at radius 1 is 1.11 bits per heavy atom. The summed E-state index contributed by atoms with van der Waals surface area (Å²) in [4.78, 5) is 12.9. The van der Waals surface area contributed by atoms with Crippen molar-refractivity contribution in [3.63, 3.8) is 0 Å². The van der Waals surface area contributed by atoms with Gasteiger partial charge in [-0.05, 0) is 38.5 Å². The summed E-state index contributed by atoms with van der Waals surface area (Å²) in [5.74, 6) is -0.260. The molecule has 0 fully saturated rings. The molecule has 0 spiro atoms. The smallest absolute Gasteiger partial charge is 0.200 e. The van der Waals surface area contributed by atoms with Crippen LogP contribution in [0.25, 0.3) is 22.1 Å². The highest BCUT2D eigenvalue weighted by Gasteiger charge is 2.21. The largest absolute Gasteiger partial charge is 0.508 e. The molecule has 0 aliphatic rings. The van der Waals surface area contributed by atoms with Crippen molar-refractivity contribution in [3.8, 4) is 34.1 Å². The minimum absolute atomic E-state index is 0.0171. The Labute approximate surface area is 155 Å². The number of ether oxygens (including phenoxy) is 1. The predicted molar refractivity (Wildman–Crippen MR) is 103 cm³/mol. The molecule has 0 bridgehead atoms. The van der Waals surface area contributed by atoms with Crippen LogP contribution in [-0.4, -0.2) is 22.4 Å². The number of hydrogen-bond acceptors (Lipinski definition) is 6. The van der Waals surface area contributed by atoms with Gasteiger partial charge in [-0.3, -0.25) is 4.79 Å². The first-order valence-corrected chi connectivity index (χ1v) is 8.33. The fourth-order valence-corrected chi connectivity index (χ4v) is 2.85. The van der Waals surface area contributed by atoms with E-state index in [0.717, 1.165) is 5.57 Å². The van der Waals surface area contributed by atoms with Crippen molar-refractivity contribution in [1.29, 1.82) is 0 Å². The molecule has 0 aliphatic heterocycles. The van der Waals surface area contributed by atoms with E-state index in [9.17, 15) is 20.1 Å². The SMILES string of the molecule is COc1cc(-c2coc3cc(O)ccc3c2=O)c(O)c(CC=C(C)C)c1O. The minimum atomic E-state index is -0.368. The molecule has 0 aliphatic carbocycles. The lowest BCUT2D eigenvalue weighted by Crippen LogP contribution is -2.05. The van der Waals surface area contributed by atoms with Crippen molar-refractivity contribution in [3.05, 3.63) is 58.0 Å². The van der Waals surface area contributed by atoms with Gasteiger partial charge < -0.3 is 24.5 Å². The van der Waals surface area contributed by atoms with E-state index in [1.165, 1.54) is 37.6 Å². The molecule has 2 aromatic carbocycles. The molecule has 6 heteroatoms. The Hall–Kier alpha value is -3.41. The Bertz CT molecular complexity index is 1100. The summed E-state index contributed by atoms with van der Waals surface area (Å²) in [7, 11) is 1.40. The maximum atomic E-state index is 12.9. The van der Waals surface area contributed by atoms with Crippen molar-refractivity contribution in [2.24, 2.45) is 0 Å². The van der Waals surface area contributed by atoms with Crippen LogP contribution >= 0.6 is 0 Å². The first-order valence-electron chi connectivity index (χ1n) is 8.33. The van der Waals surface area contributed by atoms with E-state index in [0.29, 0.717) is 0 Å². The Morgan fingerprint density at radius 3 is 2.52 bits per heavy atom. The van der Waals surface area contributed by atoms with Gasteiger partial charge in [0.05, 0.1) is 18.1 Å². The van der Waals surface area contributed by atoms with Crippen molar-refractivity contribution in [1.82, 2.24) is 0 Å². The first-order chi connectivity index (χ1) is 12.8. The van der Waals surface area contributed by atoms with Gasteiger partial charge in [0, 0.05) is 17.2 Å². The first kappa shape index (κ1) is 18.4. The zero-order valence-electron chi connectivity index (χ0n) is 15.2. The summed E-state index contributed by atoms with van der Waals surface area (Å²) in [5, 5.41) is 30.9. The molecule has 1 aromatic heterocycles. The lowest BCUT2D eigenvalue weighted by molar-refractivity contribution is 0.366. The third-order valence-electron chi connectivity index (χ3n) is 4.32. The average Bonchev–Trinajstić information content (AvgIpc) is 2.62. The topological polar surface area (TPSA) is 100 Å². The number of methoxy groups -OCH3 is 1. The van der Waals surface area contributed by atoms with Gasteiger partial charge in [-0.15, -0.1) is 0 Å². The molecule has 3 rings (SSSR count). The second-order valence-corrected chi connectivity index (χ2v) is 6.45. The van der Waals surface area contributed by atoms with Gasteiger partial charge >= 0.3 is 0 Å². The summed E-state index contributed by atoms with van der Waals surface area (Å²) in [6.07, 6.45) is 3.35. The van der Waals surface area contributed by atoms with E-state index < -0.39 is 0 Å². The number of phenolic OH excluding ortho intramolecular Hbond substituents is 3. The Morgan fingerprint density at radius 2 is 1.85 bits per heavy atom. The van der Waals surface area contributed by atoms with Crippen LogP contribution in [0.4, 0.5) is 0 Å². The van der Waals surface area contributed by atoms with Crippen LogP contribution < -0.4 is 10.2 Å². The van der Waals surface area contributed by atoms with Crippen LogP contribution in [0.15, 0.2) is 51.4 Å². The molecule has 1 heterocycles. The Kier molecular flexibility index (Phi) is 4.81. The molecule has 3 N–H and O–H groups in total. The summed E-state index contributed by atoms with van der Waals surface area (Å²) in [6.45, 7) is 3.81. The van der Waals surface area contributed by atoms with Gasteiger partial charge in [0.15, 0.2) is 11.5 Å². The average molecular weight is 368 g/mol. The number of fused-ring (bicyclic) bond motifs is 1. The molecule has 3 aromatic rings. The van der Waals surface area contributed by atoms with Crippen LogP contribution in [0.1, 0.15) is 19.4 Å². The molecule has 0 radical (unpaired) electrons. The molecule has 0 saturated carbocycles. The zero-order valence-corrected chi connectivity index (χ0v) is 15.2. The fourth-order valence-electron chi connectivity index (χ4n) is 2.85. The van der Waals surface area contributed by atoms with Crippen LogP contribution in [0, 0.1) is 0 Å². The maximum Gasteiger partial charge on any atom is 0.200 e. The van der Waals surface area contributed by atoms with Gasteiger partial charge in [0.1, 0.15) is 23.3 Å². The fraction of sp³-hybridized carbons (Fsp3) is 0.190. The lowest BCUT2D eigenvalue weighted by atomic mass is 9.97. The van der Waals surface area contributed by atoms with Crippen LogP contribution in [0.2, 0.25) is 0 Å². The highest BCUT2D eigenvalue weighted by molar-refractivity contribution is 5.85. The number of phenols is 3. The number of aromatic hydroxyl groups is 3. The molecule has 6 nitrogen and oxygen atoms in total. The van der Waals surface area contributed by atoms with Gasteiger partial charge in [0.25, 0.3) is 0 Å². The molecule has 0 amide bonds. The highest BCUT2D eigenvalue weighted by atomic mass is 16.5. The monoisotopic (exact) mass is 368 g/mol. The maximum absolute atomic E-state index is 12.9. The quantitative estimate of drug-likeness (QED) is 0.600. The number of allylic oxidation sites excluding steroid dienone is 2. The highest BCUT2D eigenvalue weighted by Crippen LogP contribution is 2.43. The van der Waals surface area contributed by atoms with Crippen molar-refractivity contribution in [2.45, 2.75) is 20.3 Å². The Balaban J connectivity index is 2.28. The van der Waals surface area contributed by atoms with Crippen molar-refractivity contribution >= 4 is 11.0 Å². The van der Waals surface area contributed by atoms with Crippen molar-refractivity contribution in [2.75, 3.05) is 7.11 Å². The summed E-state index contributed by atoms with van der Waals surface area (Å²) in [6, 6.07) is 5.59. The summed E-state index contributed by atoms with van der Waals surface area (Å²) in [5.41, 5.74) is 1.47. The number of benzene rings is 2. The van der Waals surface area contributed by atoms with Gasteiger partial charge in [-0.1, -0.05) is 11.6 Å². The second-order valence-electron chi connectivity index (χ2n) is 6.45. The van der Waals surface area contributed by atoms with E-state index in [1.807, 2.05) is 19.9 Å². The third kappa shape index (κ3) is 3.33. The van der Waals surface area contributed by atoms with Crippen molar-refractivity contribution < 1.29 is 24.5 Å². The van der Waals surface area contributed by atoms with Crippen LogP contribution in [0.5, 0.6) is 23.0 Å². The molecular weight excluding hydrogens is 348 g/mol. The molecule has 0 atom stereocenters. The normalized spacial score (nSPS) is 10.8. The van der Waals surface area contributed by atoms with Crippen LogP contribution in [0.3, 0.4) is 0 Å². The van der Waals surface area contributed by atoms with E-state index in [4.69, 9.17) is 9.15 Å². The molecule has 27 heavy (non-hydrogen) atoms. The van der Waals surface area contributed by atoms with Crippen LogP contribution in [-0.2, 0) is 6.42 Å². The summed E-state index contributed by atoms with van der Waals surface area (Å²) < 4.78 is 10.7. The van der Waals surface area contributed by atoms with E-state index >= 15 is 0 Å². The van der Waals surface area contributed by atoms with Gasteiger partial charge in [-0.25, -0.2) is 0 Å². The summed E-state index contributed by atoms with van der Waals surface area (Å²) >= 11 is 0. The van der Waals surface area contributed by atoms with Gasteiger partial charge in [-0.2, -0.15) is 0 Å². The van der Waals surface area contributed by atoms with E-state index in [-0.39, 0.29) is 62.5 Å². The van der Waals surface area contributed by atoms with E-state index in [1.54, 1.807) is 0 Å². The number of hydrogen-bond donors (Lipinski definition) is 3. The zero-order chi connectivity index (χ0) is 19.7. The predicted octanol–water partition coefficient (Wildman–Crippen LogP) is 4.09. The van der Waals surface area contributed by atoms with Gasteiger partial charge in [0.2, 0.25) is 5.43 Å². The third-order valence-corrected chi connectivity index (χ3v) is 4.32. The molecule has 0 saturated heterocycles. The van der Waals surface area contributed by atoms with E-state index in [2.05, 4.69) is 0 Å². The number of rotatable bonds is 4. The lowest BCUT2D eigenvalue weighted by Gasteiger charge is -2.14. The molecule has 140 valence electrons. The standard InChI is InChI=1S/C21H20O6/c1-11(2)4-6-14-20(24)15(9-18(26-3)21(14)25)16-10-27-17-8-12(22)5-7-13(17)19(16)23/h4-5,7-10,22,24-25H,6H2,1-3H3.